The maximum atomic E-state index is 11.4. The molecule has 1 aliphatic heterocycles. The maximum Gasteiger partial charge on any atom is 0.337 e. The number of rotatable bonds is 2. The number of carbonyl (C=O) groups is 1. The van der Waals surface area contributed by atoms with Gasteiger partial charge in [0.05, 0.1) is 16.3 Å². The van der Waals surface area contributed by atoms with Gasteiger partial charge in [0.2, 0.25) is 0 Å². The summed E-state index contributed by atoms with van der Waals surface area (Å²) < 4.78 is 0. The molecule has 19 heavy (non-hydrogen) atoms. The van der Waals surface area contributed by atoms with E-state index in [-0.39, 0.29) is 11.6 Å². The number of nitrogens with zero attached hydrogens (tertiary/aromatic N) is 1. The van der Waals surface area contributed by atoms with E-state index in [9.17, 15) is 9.90 Å². The van der Waals surface area contributed by atoms with E-state index >= 15 is 0 Å². The van der Waals surface area contributed by atoms with Gasteiger partial charge in [0.25, 0.3) is 0 Å². The van der Waals surface area contributed by atoms with Crippen LogP contribution in [0.3, 0.4) is 0 Å². The average molecular weight is 283 g/mol. The molecular weight excluding hydrogens is 264 g/mol. The molecule has 4 nitrogen and oxygen atoms in total. The van der Waals surface area contributed by atoms with Gasteiger partial charge in [0.15, 0.2) is 0 Å². The minimum Gasteiger partial charge on any atom is -0.478 e. The number of carboxylic acid groups (broad SMARTS) is 1. The highest BCUT2D eigenvalue weighted by Crippen LogP contribution is 2.37. The molecule has 0 aliphatic carbocycles. The number of anilines is 2. The molecule has 1 heterocycles. The van der Waals surface area contributed by atoms with E-state index in [1.807, 2.05) is 0 Å². The minimum absolute atomic E-state index is 0.186. The van der Waals surface area contributed by atoms with Crippen LogP contribution in [0.4, 0.5) is 11.4 Å². The van der Waals surface area contributed by atoms with Crippen LogP contribution in [0.25, 0.3) is 0 Å². The molecule has 5 heteroatoms. The van der Waals surface area contributed by atoms with E-state index in [1.54, 1.807) is 6.07 Å². The first-order chi connectivity index (χ1) is 8.90. The van der Waals surface area contributed by atoms with Crippen LogP contribution in [0.15, 0.2) is 12.1 Å². The molecule has 2 rings (SSSR count). The fourth-order valence-electron chi connectivity index (χ4n) is 2.68. The molecule has 2 atom stereocenters. The van der Waals surface area contributed by atoms with Crippen molar-refractivity contribution in [2.45, 2.75) is 32.7 Å². The van der Waals surface area contributed by atoms with Crippen molar-refractivity contribution >= 4 is 28.9 Å². The summed E-state index contributed by atoms with van der Waals surface area (Å²) in [5, 5.41) is 9.77. The molecule has 1 aromatic carbocycles. The molecule has 1 aliphatic rings. The fourth-order valence-corrected chi connectivity index (χ4v) is 3.01. The second-order valence-corrected chi connectivity index (χ2v) is 5.80. The molecule has 1 aromatic rings. The topological polar surface area (TPSA) is 66.6 Å². The molecule has 0 aromatic heterocycles. The lowest BCUT2D eigenvalue weighted by molar-refractivity contribution is 0.0697. The number of nitrogen functional groups attached to an aromatic ring is 1. The number of hydrogen-bond donors (Lipinski definition) is 2. The third kappa shape index (κ3) is 2.78. The van der Waals surface area contributed by atoms with E-state index in [2.05, 4.69) is 18.7 Å². The molecule has 1 saturated heterocycles. The SMILES string of the molecule is CC1CCC(C)N(c2c(Cl)cc(N)cc2C(=O)O)C1. The molecular formula is C14H19ClN2O2. The predicted molar refractivity (Wildman–Crippen MR) is 78.0 cm³/mol. The van der Waals surface area contributed by atoms with Gasteiger partial charge in [-0.15, -0.1) is 0 Å². The summed E-state index contributed by atoms with van der Waals surface area (Å²) in [6.07, 6.45) is 2.20. The molecule has 0 amide bonds. The average Bonchev–Trinajstić information content (AvgIpc) is 2.32. The number of carboxylic acids is 1. The quantitative estimate of drug-likeness (QED) is 0.817. The first kappa shape index (κ1) is 14.0. The van der Waals surface area contributed by atoms with Gasteiger partial charge in [-0.2, -0.15) is 0 Å². The number of aromatic carboxylic acids is 1. The van der Waals surface area contributed by atoms with Crippen molar-refractivity contribution in [2.24, 2.45) is 5.92 Å². The van der Waals surface area contributed by atoms with Crippen LogP contribution < -0.4 is 10.6 Å². The Hall–Kier alpha value is -1.42. The minimum atomic E-state index is -0.991. The highest BCUT2D eigenvalue weighted by Gasteiger charge is 2.28. The molecule has 1 fully saturated rings. The zero-order chi connectivity index (χ0) is 14.2. The zero-order valence-corrected chi connectivity index (χ0v) is 11.9. The predicted octanol–water partition coefficient (Wildman–Crippen LogP) is 3.25. The molecule has 0 saturated carbocycles. The van der Waals surface area contributed by atoms with Crippen molar-refractivity contribution in [3.05, 3.63) is 22.7 Å². The molecule has 0 bridgehead atoms. The summed E-state index contributed by atoms with van der Waals surface area (Å²) in [5.74, 6) is -0.457. The summed E-state index contributed by atoms with van der Waals surface area (Å²) in [4.78, 5) is 13.5. The highest BCUT2D eigenvalue weighted by atomic mass is 35.5. The van der Waals surface area contributed by atoms with E-state index in [1.165, 1.54) is 6.07 Å². The lowest BCUT2D eigenvalue weighted by Crippen LogP contribution is -2.42. The Bertz CT molecular complexity index is 504. The van der Waals surface area contributed by atoms with Crippen molar-refractivity contribution in [2.75, 3.05) is 17.2 Å². The van der Waals surface area contributed by atoms with Crippen LogP contribution >= 0.6 is 11.6 Å². The van der Waals surface area contributed by atoms with Gasteiger partial charge in [0, 0.05) is 18.3 Å². The van der Waals surface area contributed by atoms with Crippen molar-refractivity contribution in [3.8, 4) is 0 Å². The van der Waals surface area contributed by atoms with Gasteiger partial charge in [0.1, 0.15) is 0 Å². The smallest absolute Gasteiger partial charge is 0.337 e. The van der Waals surface area contributed by atoms with Crippen LogP contribution in [0.1, 0.15) is 37.0 Å². The largest absolute Gasteiger partial charge is 0.478 e. The van der Waals surface area contributed by atoms with E-state index in [4.69, 9.17) is 17.3 Å². The Morgan fingerprint density at radius 1 is 1.42 bits per heavy atom. The van der Waals surface area contributed by atoms with Crippen LogP contribution in [0.5, 0.6) is 0 Å². The van der Waals surface area contributed by atoms with Gasteiger partial charge < -0.3 is 15.7 Å². The van der Waals surface area contributed by atoms with E-state index < -0.39 is 5.97 Å². The van der Waals surface area contributed by atoms with Gasteiger partial charge in [-0.3, -0.25) is 0 Å². The monoisotopic (exact) mass is 282 g/mol. The summed E-state index contributed by atoms with van der Waals surface area (Å²) in [6, 6.07) is 3.39. The van der Waals surface area contributed by atoms with E-state index in [0.29, 0.717) is 22.3 Å². The highest BCUT2D eigenvalue weighted by molar-refractivity contribution is 6.34. The van der Waals surface area contributed by atoms with Crippen LogP contribution in [0, 0.1) is 5.92 Å². The van der Waals surface area contributed by atoms with Crippen molar-refractivity contribution in [1.82, 2.24) is 0 Å². The first-order valence-corrected chi connectivity index (χ1v) is 6.87. The van der Waals surface area contributed by atoms with Gasteiger partial charge >= 0.3 is 5.97 Å². The third-order valence-electron chi connectivity index (χ3n) is 3.72. The van der Waals surface area contributed by atoms with Crippen molar-refractivity contribution < 1.29 is 9.90 Å². The zero-order valence-electron chi connectivity index (χ0n) is 11.2. The molecule has 0 radical (unpaired) electrons. The molecule has 0 spiro atoms. The van der Waals surface area contributed by atoms with Crippen molar-refractivity contribution in [1.29, 1.82) is 0 Å². The van der Waals surface area contributed by atoms with Crippen molar-refractivity contribution in [3.63, 3.8) is 0 Å². The van der Waals surface area contributed by atoms with Crippen LogP contribution in [-0.4, -0.2) is 23.7 Å². The van der Waals surface area contributed by atoms with Crippen LogP contribution in [0.2, 0.25) is 5.02 Å². The van der Waals surface area contributed by atoms with Gasteiger partial charge in [-0.25, -0.2) is 4.79 Å². The Morgan fingerprint density at radius 2 is 2.11 bits per heavy atom. The lowest BCUT2D eigenvalue weighted by atomic mass is 9.93. The number of nitrogens with two attached hydrogens (primary N) is 1. The van der Waals surface area contributed by atoms with Gasteiger partial charge in [-0.05, 0) is 37.8 Å². The second-order valence-electron chi connectivity index (χ2n) is 5.39. The summed E-state index contributed by atoms with van der Waals surface area (Å²) in [7, 11) is 0. The number of hydrogen-bond acceptors (Lipinski definition) is 3. The Labute approximate surface area is 118 Å². The fraction of sp³-hybridized carbons (Fsp3) is 0.500. The molecule has 3 N–H and O–H groups in total. The molecule has 2 unspecified atom stereocenters. The Morgan fingerprint density at radius 3 is 2.74 bits per heavy atom. The summed E-state index contributed by atoms with van der Waals surface area (Å²) >= 11 is 6.24. The van der Waals surface area contributed by atoms with Gasteiger partial charge in [-0.1, -0.05) is 18.5 Å². The Kier molecular flexibility index (Phi) is 3.90. The molecule has 104 valence electrons. The van der Waals surface area contributed by atoms with Crippen LogP contribution in [-0.2, 0) is 0 Å². The second kappa shape index (κ2) is 5.29. The maximum absolute atomic E-state index is 11.4. The third-order valence-corrected chi connectivity index (χ3v) is 4.01. The number of halogens is 1. The number of benzene rings is 1. The number of piperidine rings is 1. The Balaban J connectivity index is 2.51. The van der Waals surface area contributed by atoms with E-state index in [0.717, 1.165) is 19.4 Å². The standard InChI is InChI=1S/C14H19ClN2O2/c1-8-3-4-9(2)17(7-8)13-11(14(18)19)5-10(16)6-12(13)15/h5-6,8-9H,3-4,7,16H2,1-2H3,(H,18,19). The summed E-state index contributed by atoms with van der Waals surface area (Å²) in [5.41, 5.74) is 6.86. The summed E-state index contributed by atoms with van der Waals surface area (Å²) in [6.45, 7) is 5.10. The normalized spacial score (nSPS) is 23.4. The first-order valence-electron chi connectivity index (χ1n) is 6.49. The lowest BCUT2D eigenvalue weighted by Gasteiger charge is -2.39.